The van der Waals surface area contributed by atoms with E-state index in [9.17, 15) is 9.59 Å². The van der Waals surface area contributed by atoms with E-state index in [0.29, 0.717) is 23.7 Å². The molecule has 0 saturated carbocycles. The van der Waals surface area contributed by atoms with Gasteiger partial charge in [0.25, 0.3) is 0 Å². The van der Waals surface area contributed by atoms with E-state index < -0.39 is 6.04 Å². The van der Waals surface area contributed by atoms with Crippen molar-refractivity contribution >= 4 is 29.4 Å². The molecule has 1 aliphatic rings. The lowest BCUT2D eigenvalue weighted by molar-refractivity contribution is -0.124. The summed E-state index contributed by atoms with van der Waals surface area (Å²) < 4.78 is 10.6. The highest BCUT2D eigenvalue weighted by atomic mass is 32.2. The van der Waals surface area contributed by atoms with Gasteiger partial charge in [-0.25, -0.2) is 4.79 Å². The number of rotatable bonds is 7. The molecule has 0 radical (unpaired) electrons. The maximum atomic E-state index is 13.5. The van der Waals surface area contributed by atoms with Crippen molar-refractivity contribution in [3.8, 4) is 11.5 Å². The van der Waals surface area contributed by atoms with Crippen LogP contribution in [0.3, 0.4) is 0 Å². The third-order valence-electron chi connectivity index (χ3n) is 5.57. The highest BCUT2D eigenvalue weighted by molar-refractivity contribution is 7.99. The van der Waals surface area contributed by atoms with E-state index in [-0.39, 0.29) is 17.3 Å². The normalized spacial score (nSPS) is 17.2. The van der Waals surface area contributed by atoms with Gasteiger partial charge in [0.15, 0.2) is 0 Å². The molecule has 34 heavy (non-hydrogen) atoms. The number of urea groups is 1. The van der Waals surface area contributed by atoms with Crippen molar-refractivity contribution in [3.05, 3.63) is 90.0 Å². The van der Waals surface area contributed by atoms with E-state index in [1.165, 1.54) is 0 Å². The lowest BCUT2D eigenvalue weighted by Gasteiger charge is -2.29. The molecule has 1 aliphatic heterocycles. The largest absolute Gasteiger partial charge is 0.497 e. The number of benzene rings is 3. The molecule has 2 atom stereocenters. The van der Waals surface area contributed by atoms with Crippen LogP contribution in [0.5, 0.6) is 11.5 Å². The molecule has 1 fully saturated rings. The molecule has 3 aromatic carbocycles. The Labute approximate surface area is 203 Å². The lowest BCUT2D eigenvalue weighted by Crippen LogP contribution is -2.49. The lowest BCUT2D eigenvalue weighted by atomic mass is 10.1. The minimum Gasteiger partial charge on any atom is -0.497 e. The zero-order valence-corrected chi connectivity index (χ0v) is 19.9. The van der Waals surface area contributed by atoms with Crippen LogP contribution in [0, 0.1) is 0 Å². The first-order valence-electron chi connectivity index (χ1n) is 10.9. The van der Waals surface area contributed by atoms with Crippen LogP contribution in [-0.2, 0) is 11.3 Å². The first kappa shape index (κ1) is 23.5. The summed E-state index contributed by atoms with van der Waals surface area (Å²) in [6.07, 6.45) is 0. The average molecular weight is 478 g/mol. The number of para-hydroxylation sites is 2. The Kier molecular flexibility index (Phi) is 7.59. The standard InChI is InChI=1S/C26H27N3O4S/c1-32-20-12-8-9-18(15-20)16-27-24(30)22-17-34-25(19-10-4-3-5-11-19)29(22)26(31)28-21-13-6-7-14-23(21)33-2/h3-15,22,25H,16-17H2,1-2H3,(H,27,30)(H,28,31)/t22-,25-/m0/s1. The number of hydrogen-bond donors (Lipinski definition) is 2. The Balaban J connectivity index is 1.55. The number of methoxy groups -OCH3 is 2. The van der Waals surface area contributed by atoms with Crippen molar-refractivity contribution in [3.63, 3.8) is 0 Å². The fraction of sp³-hybridized carbons (Fsp3) is 0.231. The molecule has 176 valence electrons. The Morgan fingerprint density at radius 1 is 0.971 bits per heavy atom. The van der Waals surface area contributed by atoms with E-state index in [2.05, 4.69) is 10.6 Å². The predicted octanol–water partition coefficient (Wildman–Crippen LogP) is 4.67. The average Bonchev–Trinajstić information content (AvgIpc) is 3.34. The van der Waals surface area contributed by atoms with Gasteiger partial charge in [-0.1, -0.05) is 54.6 Å². The van der Waals surface area contributed by atoms with Gasteiger partial charge in [-0.3, -0.25) is 9.69 Å². The SMILES string of the molecule is COc1cccc(CNC(=O)[C@@H]2CS[C@@H](c3ccccc3)N2C(=O)Nc2ccccc2OC)c1. The zero-order valence-electron chi connectivity index (χ0n) is 19.1. The van der Waals surface area contributed by atoms with Crippen molar-refractivity contribution in [1.82, 2.24) is 10.2 Å². The molecule has 4 rings (SSSR count). The summed E-state index contributed by atoms with van der Waals surface area (Å²) in [5, 5.41) is 5.62. The van der Waals surface area contributed by atoms with Crippen molar-refractivity contribution in [2.24, 2.45) is 0 Å². The van der Waals surface area contributed by atoms with Crippen LogP contribution in [0.4, 0.5) is 10.5 Å². The fourth-order valence-corrected chi connectivity index (χ4v) is 5.28. The van der Waals surface area contributed by atoms with Gasteiger partial charge in [0.05, 0.1) is 19.9 Å². The smallest absolute Gasteiger partial charge is 0.323 e. The number of nitrogens with zero attached hydrogens (tertiary/aromatic N) is 1. The Morgan fingerprint density at radius 2 is 1.74 bits per heavy atom. The van der Waals surface area contributed by atoms with Crippen LogP contribution >= 0.6 is 11.8 Å². The number of hydrogen-bond acceptors (Lipinski definition) is 5. The Morgan fingerprint density at radius 3 is 2.50 bits per heavy atom. The molecule has 0 aliphatic carbocycles. The molecule has 1 heterocycles. The second-order valence-corrected chi connectivity index (χ2v) is 8.83. The Hall–Kier alpha value is -3.65. The molecule has 0 spiro atoms. The highest BCUT2D eigenvalue weighted by Gasteiger charge is 2.42. The summed E-state index contributed by atoms with van der Waals surface area (Å²) >= 11 is 1.57. The highest BCUT2D eigenvalue weighted by Crippen LogP contribution is 2.42. The Bertz CT molecular complexity index is 1140. The molecule has 1 saturated heterocycles. The van der Waals surface area contributed by atoms with Gasteiger partial charge in [-0.05, 0) is 35.4 Å². The fourth-order valence-electron chi connectivity index (χ4n) is 3.85. The first-order chi connectivity index (χ1) is 16.6. The summed E-state index contributed by atoms with van der Waals surface area (Å²) in [4.78, 5) is 28.3. The monoisotopic (exact) mass is 477 g/mol. The second kappa shape index (κ2) is 11.0. The topological polar surface area (TPSA) is 79.9 Å². The van der Waals surface area contributed by atoms with Crippen molar-refractivity contribution in [1.29, 1.82) is 0 Å². The van der Waals surface area contributed by atoms with E-state index >= 15 is 0 Å². The van der Waals surface area contributed by atoms with Crippen molar-refractivity contribution in [2.75, 3.05) is 25.3 Å². The zero-order chi connectivity index (χ0) is 23.9. The quantitative estimate of drug-likeness (QED) is 0.517. The number of nitrogens with one attached hydrogen (secondary N) is 2. The molecular weight excluding hydrogens is 450 g/mol. The number of anilines is 1. The number of thioether (sulfide) groups is 1. The van der Waals surface area contributed by atoms with E-state index in [1.807, 2.05) is 66.7 Å². The van der Waals surface area contributed by atoms with Gasteiger partial charge in [0, 0.05) is 12.3 Å². The van der Waals surface area contributed by atoms with E-state index in [0.717, 1.165) is 16.9 Å². The van der Waals surface area contributed by atoms with Gasteiger partial charge >= 0.3 is 6.03 Å². The molecule has 8 heteroatoms. The summed E-state index contributed by atoms with van der Waals surface area (Å²) in [6, 6.07) is 23.5. The molecule has 3 aromatic rings. The van der Waals surface area contributed by atoms with Gasteiger partial charge in [0.2, 0.25) is 5.91 Å². The molecule has 0 aromatic heterocycles. The van der Waals surface area contributed by atoms with Crippen molar-refractivity contribution < 1.29 is 19.1 Å². The molecule has 2 N–H and O–H groups in total. The maximum Gasteiger partial charge on any atom is 0.323 e. The van der Waals surface area contributed by atoms with Crippen LogP contribution < -0.4 is 20.1 Å². The van der Waals surface area contributed by atoms with E-state index in [1.54, 1.807) is 43.0 Å². The summed E-state index contributed by atoms with van der Waals surface area (Å²) in [6.45, 7) is 0.342. The number of carbonyl (C=O) groups excluding carboxylic acids is 2. The maximum absolute atomic E-state index is 13.5. The van der Waals surface area contributed by atoms with Crippen LogP contribution in [0.15, 0.2) is 78.9 Å². The van der Waals surface area contributed by atoms with Gasteiger partial charge < -0.3 is 20.1 Å². The van der Waals surface area contributed by atoms with Gasteiger partial charge in [-0.2, -0.15) is 0 Å². The molecule has 0 unspecified atom stereocenters. The third kappa shape index (κ3) is 5.28. The molecule has 7 nitrogen and oxygen atoms in total. The minimum absolute atomic E-state index is 0.205. The van der Waals surface area contributed by atoms with Crippen LogP contribution in [-0.4, -0.2) is 42.9 Å². The summed E-state index contributed by atoms with van der Waals surface area (Å²) in [5.41, 5.74) is 2.43. The number of amides is 3. The molecule has 3 amide bonds. The first-order valence-corrected chi connectivity index (χ1v) is 11.9. The van der Waals surface area contributed by atoms with Crippen LogP contribution in [0.25, 0.3) is 0 Å². The van der Waals surface area contributed by atoms with Gasteiger partial charge in [-0.15, -0.1) is 11.8 Å². The molecular formula is C26H27N3O4S. The van der Waals surface area contributed by atoms with Crippen LogP contribution in [0.1, 0.15) is 16.5 Å². The third-order valence-corrected chi connectivity index (χ3v) is 6.89. The van der Waals surface area contributed by atoms with Crippen molar-refractivity contribution in [2.45, 2.75) is 18.0 Å². The predicted molar refractivity (Wildman–Crippen MR) is 134 cm³/mol. The summed E-state index contributed by atoms with van der Waals surface area (Å²) in [5.74, 6) is 1.56. The number of ether oxygens (including phenoxy) is 2. The second-order valence-electron chi connectivity index (χ2n) is 7.72. The molecule has 0 bridgehead atoms. The van der Waals surface area contributed by atoms with Crippen LogP contribution in [0.2, 0.25) is 0 Å². The van der Waals surface area contributed by atoms with E-state index in [4.69, 9.17) is 9.47 Å². The summed E-state index contributed by atoms with van der Waals surface area (Å²) in [7, 11) is 3.16. The number of carbonyl (C=O) groups is 2. The minimum atomic E-state index is -0.629. The van der Waals surface area contributed by atoms with Gasteiger partial charge in [0.1, 0.15) is 22.9 Å².